The van der Waals surface area contributed by atoms with Gasteiger partial charge in [0.05, 0.1) is 24.6 Å². The smallest absolute Gasteiger partial charge is 0.241 e. The Balaban J connectivity index is 1.60. The molecule has 0 unspecified atom stereocenters. The minimum atomic E-state index is -1.54. The Morgan fingerprint density at radius 1 is 1.14 bits per heavy atom. The molecule has 8 heteroatoms. The number of amides is 3. The van der Waals surface area contributed by atoms with Crippen LogP contribution in [0.15, 0.2) is 79.1 Å². The maximum Gasteiger partial charge on any atom is 0.241 e. The van der Waals surface area contributed by atoms with Crippen molar-refractivity contribution >= 4 is 17.7 Å². The van der Waals surface area contributed by atoms with Gasteiger partial charge < -0.3 is 10.0 Å². The number of aromatic nitrogens is 1. The van der Waals surface area contributed by atoms with Gasteiger partial charge in [0, 0.05) is 32.3 Å². The monoisotopic (exact) mass is 475 g/mol. The Morgan fingerprint density at radius 2 is 1.91 bits per heavy atom. The van der Waals surface area contributed by atoms with E-state index in [0.29, 0.717) is 11.1 Å². The summed E-state index contributed by atoms with van der Waals surface area (Å²) in [5, 5.41) is 10.5. The average molecular weight is 476 g/mol. The molecule has 1 saturated heterocycles. The molecule has 0 radical (unpaired) electrons. The lowest BCUT2D eigenvalue weighted by Crippen LogP contribution is -2.43. The molecule has 3 amide bonds. The van der Waals surface area contributed by atoms with Crippen molar-refractivity contribution in [2.75, 3.05) is 13.6 Å². The van der Waals surface area contributed by atoms with Crippen molar-refractivity contribution in [2.24, 2.45) is 0 Å². The summed E-state index contributed by atoms with van der Waals surface area (Å²) in [5.41, 5.74) is 0.0556. The van der Waals surface area contributed by atoms with Crippen molar-refractivity contribution in [1.82, 2.24) is 14.8 Å². The van der Waals surface area contributed by atoms with Gasteiger partial charge in [0.25, 0.3) is 0 Å². The van der Waals surface area contributed by atoms with Gasteiger partial charge in [-0.2, -0.15) is 0 Å². The third kappa shape index (κ3) is 5.12. The lowest BCUT2D eigenvalue weighted by Gasteiger charge is -2.30. The van der Waals surface area contributed by atoms with Crippen molar-refractivity contribution in [3.05, 3.63) is 102 Å². The fourth-order valence-corrected chi connectivity index (χ4v) is 4.42. The number of rotatable bonds is 8. The minimum absolute atomic E-state index is 0.00358. The second-order valence-corrected chi connectivity index (χ2v) is 8.79. The number of imide groups is 1. The maximum atomic E-state index is 14.2. The van der Waals surface area contributed by atoms with Crippen molar-refractivity contribution in [2.45, 2.75) is 30.9 Å². The molecule has 2 aromatic carbocycles. The molecular weight excluding hydrogens is 449 g/mol. The first-order chi connectivity index (χ1) is 16.8. The summed E-state index contributed by atoms with van der Waals surface area (Å²) in [6, 6.07) is 17.8. The van der Waals surface area contributed by atoms with E-state index in [0.717, 1.165) is 4.90 Å². The van der Waals surface area contributed by atoms with Gasteiger partial charge in [-0.3, -0.25) is 24.3 Å². The average Bonchev–Trinajstić information content (AvgIpc) is 3.10. The predicted molar refractivity (Wildman–Crippen MR) is 126 cm³/mol. The second kappa shape index (κ2) is 10.1. The molecule has 0 aliphatic carbocycles. The molecule has 1 N–H and O–H groups in total. The number of benzene rings is 2. The van der Waals surface area contributed by atoms with Crippen LogP contribution >= 0.6 is 0 Å². The Hall–Kier alpha value is -3.91. The standard InChI is InChI=1S/C27H26FN3O4/c1-30(18-23(32)20-8-3-2-4-9-20)24(33)14-27(21-10-5-11-22(28)13-21)15-25(34)31(26(27)35)17-19-7-6-12-29-16-19/h2-13,16,23,32H,14-15,17-18H2,1H3/t23-,27-/m0/s1. The van der Waals surface area contributed by atoms with E-state index >= 15 is 0 Å². The van der Waals surface area contributed by atoms with Crippen molar-refractivity contribution in [3.8, 4) is 0 Å². The molecule has 7 nitrogen and oxygen atoms in total. The Labute approximate surface area is 202 Å². The fraction of sp³-hybridized carbons (Fsp3) is 0.259. The zero-order valence-electron chi connectivity index (χ0n) is 19.3. The molecule has 3 aromatic rings. The molecule has 4 rings (SSSR count). The van der Waals surface area contributed by atoms with Crippen LogP contribution in [0.25, 0.3) is 0 Å². The van der Waals surface area contributed by atoms with E-state index in [-0.39, 0.29) is 31.5 Å². The molecule has 2 heterocycles. The third-order valence-electron chi connectivity index (χ3n) is 6.36. The lowest BCUT2D eigenvalue weighted by molar-refractivity contribution is -0.143. The van der Waals surface area contributed by atoms with Crippen molar-refractivity contribution in [1.29, 1.82) is 0 Å². The van der Waals surface area contributed by atoms with Crippen LogP contribution in [0.4, 0.5) is 4.39 Å². The van der Waals surface area contributed by atoms with E-state index in [2.05, 4.69) is 4.98 Å². The number of aliphatic hydroxyl groups excluding tert-OH is 1. The number of nitrogens with zero attached hydrogens (tertiary/aromatic N) is 3. The third-order valence-corrected chi connectivity index (χ3v) is 6.36. The van der Waals surface area contributed by atoms with Crippen molar-refractivity contribution in [3.63, 3.8) is 0 Å². The van der Waals surface area contributed by atoms with E-state index in [9.17, 15) is 23.9 Å². The molecular formula is C27H26FN3O4. The topological polar surface area (TPSA) is 90.8 Å². The normalized spacial score (nSPS) is 18.5. The SMILES string of the molecule is CN(C[C@H](O)c1ccccc1)C(=O)C[C@@]1(c2cccc(F)c2)CC(=O)N(Cc2cccnc2)C1=O. The second-order valence-electron chi connectivity index (χ2n) is 8.79. The maximum absolute atomic E-state index is 14.2. The van der Waals surface area contributed by atoms with Crippen molar-refractivity contribution < 1.29 is 23.9 Å². The van der Waals surface area contributed by atoms with Gasteiger partial charge in [-0.15, -0.1) is 0 Å². The summed E-state index contributed by atoms with van der Waals surface area (Å²) in [5.74, 6) is -1.99. The van der Waals surface area contributed by atoms with Crippen LogP contribution in [-0.4, -0.2) is 51.2 Å². The summed E-state index contributed by atoms with van der Waals surface area (Å²) < 4.78 is 14.2. The highest BCUT2D eigenvalue weighted by Crippen LogP contribution is 2.41. The Kier molecular flexibility index (Phi) is 7.02. The number of carbonyl (C=O) groups is 3. The molecule has 0 saturated carbocycles. The number of hydrogen-bond donors (Lipinski definition) is 1. The quantitative estimate of drug-likeness (QED) is 0.506. The Morgan fingerprint density at radius 3 is 2.60 bits per heavy atom. The number of carbonyl (C=O) groups excluding carboxylic acids is 3. The van der Waals surface area contributed by atoms with Crippen LogP contribution in [0.1, 0.15) is 35.6 Å². The fourth-order valence-electron chi connectivity index (χ4n) is 4.42. The van der Waals surface area contributed by atoms with Crippen LogP contribution in [0.2, 0.25) is 0 Å². The van der Waals surface area contributed by atoms with Gasteiger partial charge in [0.15, 0.2) is 0 Å². The van der Waals surface area contributed by atoms with Crippen LogP contribution in [-0.2, 0) is 26.3 Å². The largest absolute Gasteiger partial charge is 0.387 e. The first-order valence-corrected chi connectivity index (χ1v) is 11.3. The Bertz CT molecular complexity index is 1220. The van der Waals surface area contributed by atoms with Crippen LogP contribution in [0, 0.1) is 5.82 Å². The van der Waals surface area contributed by atoms with E-state index in [1.165, 1.54) is 30.1 Å². The molecule has 1 aliphatic rings. The highest BCUT2D eigenvalue weighted by Gasteiger charge is 2.54. The van der Waals surface area contributed by atoms with E-state index in [1.54, 1.807) is 54.9 Å². The van der Waals surface area contributed by atoms with Crippen LogP contribution in [0.3, 0.4) is 0 Å². The molecule has 2 atom stereocenters. The molecule has 180 valence electrons. The molecule has 1 aromatic heterocycles. The highest BCUT2D eigenvalue weighted by atomic mass is 19.1. The number of halogens is 1. The molecule has 0 spiro atoms. The number of pyridine rings is 1. The first-order valence-electron chi connectivity index (χ1n) is 11.3. The zero-order valence-corrected chi connectivity index (χ0v) is 19.3. The van der Waals surface area contributed by atoms with Gasteiger partial charge in [-0.25, -0.2) is 4.39 Å². The summed E-state index contributed by atoms with van der Waals surface area (Å²) in [6.07, 6.45) is 1.65. The zero-order chi connectivity index (χ0) is 25.0. The minimum Gasteiger partial charge on any atom is -0.387 e. The van der Waals surface area contributed by atoms with Gasteiger partial charge in [-0.1, -0.05) is 48.5 Å². The number of aliphatic hydroxyl groups is 1. The number of hydrogen-bond acceptors (Lipinski definition) is 5. The summed E-state index contributed by atoms with van der Waals surface area (Å²) in [7, 11) is 1.53. The van der Waals surface area contributed by atoms with E-state index < -0.39 is 35.1 Å². The van der Waals surface area contributed by atoms with Crippen LogP contribution < -0.4 is 0 Å². The van der Waals surface area contributed by atoms with E-state index in [4.69, 9.17) is 0 Å². The molecule has 35 heavy (non-hydrogen) atoms. The summed E-state index contributed by atoms with van der Waals surface area (Å²) in [4.78, 5) is 46.4. The van der Waals surface area contributed by atoms with Gasteiger partial charge >= 0.3 is 0 Å². The van der Waals surface area contributed by atoms with E-state index in [1.807, 2.05) is 6.07 Å². The highest BCUT2D eigenvalue weighted by molar-refractivity contribution is 6.10. The molecule has 1 fully saturated rings. The number of likely N-dealkylation sites (tertiary alicyclic amines) is 1. The van der Waals surface area contributed by atoms with Gasteiger partial charge in [0.1, 0.15) is 5.82 Å². The number of likely N-dealkylation sites (N-methyl/N-ethyl adjacent to an activating group) is 1. The van der Waals surface area contributed by atoms with Gasteiger partial charge in [0.2, 0.25) is 17.7 Å². The van der Waals surface area contributed by atoms with Crippen LogP contribution in [0.5, 0.6) is 0 Å². The summed E-state index contributed by atoms with van der Waals surface area (Å²) >= 11 is 0. The summed E-state index contributed by atoms with van der Waals surface area (Å²) in [6.45, 7) is 0.0168. The molecule has 1 aliphatic heterocycles. The lowest BCUT2D eigenvalue weighted by atomic mass is 9.75. The van der Waals surface area contributed by atoms with Gasteiger partial charge in [-0.05, 0) is 34.9 Å². The molecule has 0 bridgehead atoms. The first kappa shape index (κ1) is 24.2. The predicted octanol–water partition coefficient (Wildman–Crippen LogP) is 3.00.